The van der Waals surface area contributed by atoms with E-state index in [4.69, 9.17) is 0 Å². The third-order valence-corrected chi connectivity index (χ3v) is 5.86. The molecule has 2 aromatic carbocycles. The second-order valence-electron chi connectivity index (χ2n) is 7.33. The predicted octanol–water partition coefficient (Wildman–Crippen LogP) is 4.38. The van der Waals surface area contributed by atoms with E-state index in [0.717, 1.165) is 12.0 Å². The standard InChI is InChI=1S/C25H28N2O2S/c1-20-12-13-23(30-20)19-27(17-15-21-8-4-2-5-9-21)25(29)14-16-26-24(28)18-22-10-6-3-7-11-22/h2-13H,14-19H2,1H3,(H,26,28). The maximum absolute atomic E-state index is 12.9. The molecule has 0 aliphatic rings. The molecule has 5 heteroatoms. The van der Waals surface area contributed by atoms with Crippen LogP contribution in [0.25, 0.3) is 0 Å². The summed E-state index contributed by atoms with van der Waals surface area (Å²) in [5.74, 6) is 0.00992. The van der Waals surface area contributed by atoms with Crippen LogP contribution in [0.15, 0.2) is 72.8 Å². The molecule has 0 unspecified atom stereocenters. The SMILES string of the molecule is Cc1ccc(CN(CCc2ccccc2)C(=O)CCNC(=O)Cc2ccccc2)s1. The van der Waals surface area contributed by atoms with E-state index in [9.17, 15) is 9.59 Å². The molecule has 0 radical (unpaired) electrons. The van der Waals surface area contributed by atoms with Crippen LogP contribution < -0.4 is 5.32 Å². The van der Waals surface area contributed by atoms with E-state index in [0.29, 0.717) is 32.5 Å². The van der Waals surface area contributed by atoms with Gasteiger partial charge in [0.05, 0.1) is 13.0 Å². The highest BCUT2D eigenvalue weighted by atomic mass is 32.1. The molecule has 2 amide bonds. The van der Waals surface area contributed by atoms with Gasteiger partial charge in [-0.2, -0.15) is 0 Å². The third kappa shape index (κ3) is 7.16. The van der Waals surface area contributed by atoms with Crippen LogP contribution in [-0.4, -0.2) is 29.8 Å². The number of carbonyl (C=O) groups is 2. The van der Waals surface area contributed by atoms with Crippen molar-refractivity contribution in [3.05, 3.63) is 93.7 Å². The van der Waals surface area contributed by atoms with Crippen LogP contribution >= 0.6 is 11.3 Å². The van der Waals surface area contributed by atoms with Gasteiger partial charge in [0.25, 0.3) is 0 Å². The van der Waals surface area contributed by atoms with Crippen molar-refractivity contribution >= 4 is 23.2 Å². The highest BCUT2D eigenvalue weighted by Gasteiger charge is 2.15. The third-order valence-electron chi connectivity index (χ3n) is 4.88. The summed E-state index contributed by atoms with van der Waals surface area (Å²) in [5.41, 5.74) is 2.19. The average Bonchev–Trinajstić information content (AvgIpc) is 3.17. The van der Waals surface area contributed by atoms with Crippen molar-refractivity contribution in [2.75, 3.05) is 13.1 Å². The molecule has 156 valence electrons. The lowest BCUT2D eigenvalue weighted by Crippen LogP contribution is -2.35. The minimum atomic E-state index is -0.0567. The maximum atomic E-state index is 12.9. The van der Waals surface area contributed by atoms with Crippen LogP contribution in [0.2, 0.25) is 0 Å². The zero-order chi connectivity index (χ0) is 21.2. The Kier molecular flexibility index (Phi) is 8.21. The largest absolute Gasteiger partial charge is 0.355 e. The zero-order valence-corrected chi connectivity index (χ0v) is 18.2. The lowest BCUT2D eigenvalue weighted by Gasteiger charge is -2.22. The highest BCUT2D eigenvalue weighted by Crippen LogP contribution is 2.18. The van der Waals surface area contributed by atoms with Gasteiger partial charge in [-0.15, -0.1) is 11.3 Å². The Hall–Kier alpha value is -2.92. The van der Waals surface area contributed by atoms with E-state index in [1.54, 1.807) is 11.3 Å². The molecule has 0 aliphatic carbocycles. The first-order chi connectivity index (χ1) is 14.6. The van der Waals surface area contributed by atoms with Gasteiger partial charge in [-0.1, -0.05) is 60.7 Å². The van der Waals surface area contributed by atoms with Crippen molar-refractivity contribution in [3.63, 3.8) is 0 Å². The number of nitrogens with one attached hydrogen (secondary N) is 1. The predicted molar refractivity (Wildman–Crippen MR) is 122 cm³/mol. The summed E-state index contributed by atoms with van der Waals surface area (Å²) >= 11 is 1.72. The molecule has 30 heavy (non-hydrogen) atoms. The Morgan fingerprint density at radius 1 is 0.900 bits per heavy atom. The number of hydrogen-bond acceptors (Lipinski definition) is 3. The topological polar surface area (TPSA) is 49.4 Å². The molecule has 1 heterocycles. The van der Waals surface area contributed by atoms with Crippen molar-refractivity contribution in [1.29, 1.82) is 0 Å². The summed E-state index contributed by atoms with van der Waals surface area (Å²) < 4.78 is 0. The van der Waals surface area contributed by atoms with Gasteiger partial charge in [0.2, 0.25) is 11.8 Å². The summed E-state index contributed by atoms with van der Waals surface area (Å²) in [5, 5.41) is 2.87. The van der Waals surface area contributed by atoms with Gasteiger partial charge in [-0.3, -0.25) is 9.59 Å². The molecule has 0 bridgehead atoms. The zero-order valence-electron chi connectivity index (χ0n) is 17.3. The van der Waals surface area contributed by atoms with Crippen LogP contribution in [0.4, 0.5) is 0 Å². The number of carbonyl (C=O) groups excluding carboxylic acids is 2. The maximum Gasteiger partial charge on any atom is 0.224 e. The summed E-state index contributed by atoms with van der Waals surface area (Å²) in [4.78, 5) is 29.4. The second-order valence-corrected chi connectivity index (χ2v) is 8.70. The molecule has 3 rings (SSSR count). The summed E-state index contributed by atoms with van der Waals surface area (Å²) in [7, 11) is 0. The molecule has 4 nitrogen and oxygen atoms in total. The van der Waals surface area contributed by atoms with Crippen molar-refractivity contribution in [2.24, 2.45) is 0 Å². The average molecular weight is 421 g/mol. The molecular formula is C25H28N2O2S. The van der Waals surface area contributed by atoms with Crippen molar-refractivity contribution in [3.8, 4) is 0 Å². The number of amides is 2. The van der Waals surface area contributed by atoms with E-state index in [-0.39, 0.29) is 11.8 Å². The lowest BCUT2D eigenvalue weighted by molar-refractivity contribution is -0.131. The van der Waals surface area contributed by atoms with Crippen LogP contribution in [0, 0.1) is 6.92 Å². The molecule has 0 saturated heterocycles. The molecule has 1 aromatic heterocycles. The Morgan fingerprint density at radius 2 is 1.57 bits per heavy atom. The Morgan fingerprint density at radius 3 is 2.20 bits per heavy atom. The summed E-state index contributed by atoms with van der Waals surface area (Å²) in [6.07, 6.45) is 1.46. The Bertz CT molecular complexity index is 938. The first-order valence-corrected chi connectivity index (χ1v) is 11.1. The second kappa shape index (κ2) is 11.3. The molecular weight excluding hydrogens is 392 g/mol. The fourth-order valence-electron chi connectivity index (χ4n) is 3.27. The molecule has 0 spiro atoms. The van der Waals surface area contributed by atoms with Crippen LogP contribution in [-0.2, 0) is 29.0 Å². The molecule has 0 aliphatic heterocycles. The van der Waals surface area contributed by atoms with E-state index in [1.807, 2.05) is 53.4 Å². The van der Waals surface area contributed by atoms with Crippen LogP contribution in [0.1, 0.15) is 27.3 Å². The van der Waals surface area contributed by atoms with Crippen molar-refractivity contribution < 1.29 is 9.59 Å². The fraction of sp³-hybridized carbons (Fsp3) is 0.280. The molecule has 3 aromatic rings. The normalized spacial score (nSPS) is 10.6. The molecule has 0 atom stereocenters. The first kappa shape index (κ1) is 21.8. The smallest absolute Gasteiger partial charge is 0.224 e. The fourth-order valence-corrected chi connectivity index (χ4v) is 4.18. The molecule has 1 N–H and O–H groups in total. The van der Waals surface area contributed by atoms with Gasteiger partial charge in [-0.25, -0.2) is 0 Å². The number of hydrogen-bond donors (Lipinski definition) is 1. The highest BCUT2D eigenvalue weighted by molar-refractivity contribution is 7.11. The summed E-state index contributed by atoms with van der Waals surface area (Å²) in [6, 6.07) is 24.0. The van der Waals surface area contributed by atoms with Gasteiger partial charge >= 0.3 is 0 Å². The minimum absolute atomic E-state index is 0.0567. The van der Waals surface area contributed by atoms with Gasteiger partial charge in [-0.05, 0) is 36.6 Å². The Balaban J connectivity index is 1.52. The van der Waals surface area contributed by atoms with E-state index < -0.39 is 0 Å². The quantitative estimate of drug-likeness (QED) is 0.529. The number of benzene rings is 2. The van der Waals surface area contributed by atoms with Crippen molar-refractivity contribution in [1.82, 2.24) is 10.2 Å². The van der Waals surface area contributed by atoms with Gasteiger partial charge in [0.1, 0.15) is 0 Å². The number of aryl methyl sites for hydroxylation is 1. The lowest BCUT2D eigenvalue weighted by atomic mass is 10.1. The number of rotatable bonds is 10. The van der Waals surface area contributed by atoms with E-state index in [1.165, 1.54) is 15.3 Å². The molecule has 0 fully saturated rings. The number of nitrogens with zero attached hydrogens (tertiary/aromatic N) is 1. The molecule has 0 saturated carbocycles. The van der Waals surface area contributed by atoms with Gasteiger partial charge in [0.15, 0.2) is 0 Å². The van der Waals surface area contributed by atoms with E-state index in [2.05, 4.69) is 36.5 Å². The first-order valence-electron chi connectivity index (χ1n) is 10.3. The Labute approximate surface area is 182 Å². The van der Waals surface area contributed by atoms with Gasteiger partial charge in [0, 0.05) is 29.3 Å². The number of thiophene rings is 1. The van der Waals surface area contributed by atoms with Crippen LogP contribution in [0.3, 0.4) is 0 Å². The van der Waals surface area contributed by atoms with Crippen LogP contribution in [0.5, 0.6) is 0 Å². The minimum Gasteiger partial charge on any atom is -0.355 e. The summed E-state index contributed by atoms with van der Waals surface area (Å²) in [6.45, 7) is 3.71. The monoisotopic (exact) mass is 420 g/mol. The van der Waals surface area contributed by atoms with Crippen molar-refractivity contribution in [2.45, 2.75) is 32.7 Å². The van der Waals surface area contributed by atoms with E-state index >= 15 is 0 Å². The van der Waals surface area contributed by atoms with Gasteiger partial charge < -0.3 is 10.2 Å².